The number of allylic oxidation sites excluding steroid dienone is 2. The van der Waals surface area contributed by atoms with Crippen molar-refractivity contribution < 1.29 is 22.4 Å². The molecule has 1 aliphatic carbocycles. The molecule has 0 spiro atoms. The molecular formula is C23H16ClF4NO. The van der Waals surface area contributed by atoms with Crippen LogP contribution in [0.25, 0.3) is 16.3 Å². The maximum absolute atomic E-state index is 14.6. The molecule has 0 amide bonds. The first-order chi connectivity index (χ1) is 14.2. The van der Waals surface area contributed by atoms with Crippen molar-refractivity contribution in [2.24, 2.45) is 0 Å². The zero-order valence-corrected chi connectivity index (χ0v) is 16.5. The quantitative estimate of drug-likeness (QED) is 0.488. The van der Waals surface area contributed by atoms with Gasteiger partial charge in [-0.1, -0.05) is 35.9 Å². The monoisotopic (exact) mass is 433 g/mol. The number of hydrogen-bond donors (Lipinski definition) is 1. The average molecular weight is 434 g/mol. The molecule has 4 rings (SSSR count). The van der Waals surface area contributed by atoms with E-state index in [2.05, 4.69) is 5.32 Å². The van der Waals surface area contributed by atoms with Crippen LogP contribution in [0.1, 0.15) is 29.0 Å². The number of benzene rings is 3. The average Bonchev–Trinajstić information content (AvgIpc) is 3.03. The molecule has 30 heavy (non-hydrogen) atoms. The lowest BCUT2D eigenvalue weighted by Crippen LogP contribution is -2.10. The van der Waals surface area contributed by atoms with E-state index in [-0.39, 0.29) is 23.3 Å². The van der Waals surface area contributed by atoms with Crippen LogP contribution in [0.5, 0.6) is 0 Å². The minimum absolute atomic E-state index is 0.175. The van der Waals surface area contributed by atoms with Gasteiger partial charge in [-0.25, -0.2) is 4.39 Å². The van der Waals surface area contributed by atoms with Gasteiger partial charge in [0.2, 0.25) is 0 Å². The molecule has 1 unspecified atom stereocenters. The smallest absolute Gasteiger partial charge is 0.391 e. The van der Waals surface area contributed by atoms with Crippen LogP contribution in [0.2, 0.25) is 5.02 Å². The third-order valence-corrected chi connectivity index (χ3v) is 5.57. The summed E-state index contributed by atoms with van der Waals surface area (Å²) in [4.78, 5) is 13.4. The number of nitrogens with one attached hydrogen (secondary N) is 1. The zero-order valence-electron chi connectivity index (χ0n) is 15.8. The molecule has 0 bridgehead atoms. The lowest BCUT2D eigenvalue weighted by molar-refractivity contribution is -0.137. The first-order valence-corrected chi connectivity index (χ1v) is 9.59. The maximum atomic E-state index is 14.6. The summed E-state index contributed by atoms with van der Waals surface area (Å²) < 4.78 is 54.1. The van der Waals surface area contributed by atoms with Crippen molar-refractivity contribution in [1.82, 2.24) is 5.32 Å². The van der Waals surface area contributed by atoms with Crippen molar-refractivity contribution >= 4 is 33.7 Å². The first-order valence-electron chi connectivity index (χ1n) is 9.21. The van der Waals surface area contributed by atoms with Crippen LogP contribution in [0.3, 0.4) is 0 Å². The maximum Gasteiger partial charge on any atom is 0.416 e. The van der Waals surface area contributed by atoms with Gasteiger partial charge in [0.25, 0.3) is 0 Å². The number of carbonyl (C=O) groups is 1. The number of hydrogen-bond acceptors (Lipinski definition) is 2. The van der Waals surface area contributed by atoms with Crippen LogP contribution in [-0.4, -0.2) is 12.8 Å². The number of fused-ring (bicyclic) bond motifs is 1. The van der Waals surface area contributed by atoms with Crippen LogP contribution in [0, 0.1) is 5.82 Å². The van der Waals surface area contributed by atoms with E-state index < -0.39 is 23.5 Å². The zero-order chi connectivity index (χ0) is 21.6. The summed E-state index contributed by atoms with van der Waals surface area (Å²) >= 11 is 6.21. The molecule has 0 aliphatic heterocycles. The number of alkyl halides is 3. The van der Waals surface area contributed by atoms with Crippen molar-refractivity contribution in [2.45, 2.75) is 18.5 Å². The fraction of sp³-hybridized carbons (Fsp3) is 0.174. The summed E-state index contributed by atoms with van der Waals surface area (Å²) in [7, 11) is 1.61. The van der Waals surface area contributed by atoms with Crippen molar-refractivity contribution in [3.8, 4) is 0 Å². The fourth-order valence-electron chi connectivity index (χ4n) is 4.02. The molecule has 0 radical (unpaired) electrons. The van der Waals surface area contributed by atoms with Gasteiger partial charge in [0.15, 0.2) is 5.78 Å². The highest BCUT2D eigenvalue weighted by molar-refractivity contribution is 6.32. The van der Waals surface area contributed by atoms with Gasteiger partial charge in [0.05, 0.1) is 11.5 Å². The van der Waals surface area contributed by atoms with E-state index >= 15 is 0 Å². The number of halogens is 5. The molecule has 1 N–H and O–H groups in total. The Morgan fingerprint density at radius 1 is 1.07 bits per heavy atom. The molecule has 1 atom stereocenters. The van der Waals surface area contributed by atoms with E-state index in [0.717, 1.165) is 12.1 Å². The Morgan fingerprint density at radius 2 is 1.80 bits per heavy atom. The molecule has 0 fully saturated rings. The van der Waals surface area contributed by atoms with Gasteiger partial charge in [0, 0.05) is 35.1 Å². The second-order valence-electron chi connectivity index (χ2n) is 7.14. The Hall–Kier alpha value is -2.86. The van der Waals surface area contributed by atoms with Gasteiger partial charge in [-0.05, 0) is 46.8 Å². The molecule has 0 saturated carbocycles. The Labute approximate surface area is 175 Å². The minimum atomic E-state index is -4.52. The van der Waals surface area contributed by atoms with E-state index in [1.807, 2.05) is 0 Å². The highest BCUT2D eigenvalue weighted by Gasteiger charge is 2.37. The van der Waals surface area contributed by atoms with E-state index in [1.165, 1.54) is 18.2 Å². The van der Waals surface area contributed by atoms with E-state index in [0.29, 0.717) is 27.1 Å². The molecule has 0 heterocycles. The molecule has 7 heteroatoms. The summed E-state index contributed by atoms with van der Waals surface area (Å²) in [5.74, 6) is -1.61. The first kappa shape index (κ1) is 20.4. The number of ketones is 1. The molecule has 3 aromatic carbocycles. The molecule has 2 nitrogen and oxygen atoms in total. The fourth-order valence-corrected chi connectivity index (χ4v) is 4.25. The predicted octanol–water partition coefficient (Wildman–Crippen LogP) is 6.34. The van der Waals surface area contributed by atoms with Gasteiger partial charge < -0.3 is 5.32 Å². The largest absolute Gasteiger partial charge is 0.416 e. The highest BCUT2D eigenvalue weighted by atomic mass is 35.5. The van der Waals surface area contributed by atoms with Gasteiger partial charge >= 0.3 is 6.18 Å². The van der Waals surface area contributed by atoms with E-state index in [1.54, 1.807) is 31.3 Å². The van der Waals surface area contributed by atoms with Gasteiger partial charge in [-0.3, -0.25) is 4.79 Å². The van der Waals surface area contributed by atoms with Crippen LogP contribution >= 0.6 is 11.6 Å². The number of Topliss-reactive ketones (excluding diaryl/α,β-unsaturated/α-hetero) is 1. The third-order valence-electron chi connectivity index (χ3n) is 5.35. The second-order valence-corrected chi connectivity index (χ2v) is 7.57. The molecule has 0 saturated heterocycles. The van der Waals surface area contributed by atoms with E-state index in [9.17, 15) is 22.4 Å². The number of rotatable bonds is 3. The molecule has 154 valence electrons. The normalized spacial score (nSPS) is 17.1. The molecule has 1 aliphatic rings. The van der Waals surface area contributed by atoms with Gasteiger partial charge in [-0.15, -0.1) is 0 Å². The summed E-state index contributed by atoms with van der Waals surface area (Å²) in [6.07, 6.45) is -4.31. The summed E-state index contributed by atoms with van der Waals surface area (Å²) in [5, 5.41) is 4.14. The Morgan fingerprint density at radius 3 is 2.50 bits per heavy atom. The topological polar surface area (TPSA) is 29.1 Å². The van der Waals surface area contributed by atoms with Crippen molar-refractivity contribution in [2.75, 3.05) is 7.05 Å². The number of carbonyl (C=O) groups excluding carboxylic acids is 1. The third kappa shape index (κ3) is 3.45. The lowest BCUT2D eigenvalue weighted by atomic mass is 9.88. The standard InChI is InChI=1S/C23H16ClF4NO/c1-29-19-11-17(16-10-15(24)9-13-5-3-7-18(25)20(13)16)22(30)21(19)12-4-2-6-14(8-12)23(26,27)28/h2-10,17,29H,11H2,1H3. The molecule has 3 aromatic rings. The Bertz CT molecular complexity index is 1200. The van der Waals surface area contributed by atoms with Gasteiger partial charge in [-0.2, -0.15) is 13.2 Å². The second kappa shape index (κ2) is 7.43. The van der Waals surface area contributed by atoms with E-state index in [4.69, 9.17) is 11.6 Å². The van der Waals surface area contributed by atoms with Crippen LogP contribution in [0.15, 0.2) is 60.3 Å². The summed E-state index contributed by atoms with van der Waals surface area (Å²) in [6.45, 7) is 0. The Kier molecular flexibility index (Phi) is 5.06. The van der Waals surface area contributed by atoms with Crippen molar-refractivity contribution in [3.63, 3.8) is 0 Å². The minimum Gasteiger partial charge on any atom is -0.391 e. The van der Waals surface area contributed by atoms with Crippen molar-refractivity contribution in [1.29, 1.82) is 0 Å². The van der Waals surface area contributed by atoms with Crippen molar-refractivity contribution in [3.05, 3.63) is 87.8 Å². The highest BCUT2D eigenvalue weighted by Crippen LogP contribution is 2.43. The Balaban J connectivity index is 1.84. The predicted molar refractivity (Wildman–Crippen MR) is 109 cm³/mol. The summed E-state index contributed by atoms with van der Waals surface area (Å²) in [5.41, 5.74) is 0.453. The van der Waals surface area contributed by atoms with Crippen LogP contribution in [-0.2, 0) is 11.0 Å². The molecule has 0 aromatic heterocycles. The van der Waals surface area contributed by atoms with Gasteiger partial charge in [0.1, 0.15) is 5.82 Å². The van der Waals surface area contributed by atoms with Crippen LogP contribution < -0.4 is 5.32 Å². The SMILES string of the molecule is CNC1=C(c2cccc(C(F)(F)F)c2)C(=O)C(c2cc(Cl)cc3cccc(F)c23)C1. The lowest BCUT2D eigenvalue weighted by Gasteiger charge is -2.15. The molecular weight excluding hydrogens is 418 g/mol. The van der Waals surface area contributed by atoms with Crippen LogP contribution in [0.4, 0.5) is 17.6 Å². The summed E-state index contributed by atoms with van der Waals surface area (Å²) in [6, 6.07) is 12.4.